The molecule has 1 atom stereocenters. The van der Waals surface area contributed by atoms with Gasteiger partial charge in [0, 0.05) is 16.1 Å². The molecule has 1 amide bonds. The molecule has 4 nitrogen and oxygen atoms in total. The van der Waals surface area contributed by atoms with Gasteiger partial charge in [0.05, 0.1) is 19.4 Å². The fourth-order valence-electron chi connectivity index (χ4n) is 2.35. The van der Waals surface area contributed by atoms with Crippen LogP contribution < -0.4 is 5.32 Å². The highest BCUT2D eigenvalue weighted by Crippen LogP contribution is 2.26. The maximum Gasteiger partial charge on any atom is 0.406 e. The van der Waals surface area contributed by atoms with E-state index < -0.39 is 18.6 Å². The monoisotopic (exact) mass is 408 g/mol. The molecule has 9 heteroatoms. The van der Waals surface area contributed by atoms with Crippen molar-refractivity contribution in [1.29, 1.82) is 0 Å². The molecule has 0 radical (unpaired) electrons. The Kier molecular flexibility index (Phi) is 6.97. The molecule has 0 aliphatic rings. The van der Waals surface area contributed by atoms with Gasteiger partial charge in [-0.15, -0.1) is 0 Å². The summed E-state index contributed by atoms with van der Waals surface area (Å²) in [6.45, 7) is -0.145. The summed E-state index contributed by atoms with van der Waals surface area (Å²) in [5, 5.41) is 3.77. The van der Waals surface area contributed by atoms with Crippen molar-refractivity contribution in [3.8, 4) is 0 Å². The lowest BCUT2D eigenvalue weighted by molar-refractivity contribution is -0.162. The molecule has 1 N–H and O–H groups in total. The van der Waals surface area contributed by atoms with Crippen molar-refractivity contribution in [3.05, 3.63) is 58.0 Å². The maximum atomic E-state index is 12.8. The van der Waals surface area contributed by atoms with Crippen LogP contribution in [0.4, 0.5) is 13.2 Å². The first-order chi connectivity index (χ1) is 12.2. The standard InChI is InChI=1S/C17H17Cl2F3N2O2/c1-11(14-5-4-12(18)7-15(14)19)23-8-16(25)24(10-17(20,21)22)9-13-3-2-6-26-13/h2-7,11,23H,8-10H2,1H3. The molecule has 0 spiro atoms. The van der Waals surface area contributed by atoms with Crippen molar-refractivity contribution in [2.75, 3.05) is 13.1 Å². The zero-order valence-electron chi connectivity index (χ0n) is 13.8. The molecule has 0 saturated carbocycles. The summed E-state index contributed by atoms with van der Waals surface area (Å²) in [5.41, 5.74) is 0.692. The molecule has 2 rings (SSSR count). The van der Waals surface area contributed by atoms with Gasteiger partial charge in [0.2, 0.25) is 5.91 Å². The Bertz CT molecular complexity index is 736. The predicted molar refractivity (Wildman–Crippen MR) is 93.1 cm³/mol. The normalized spacial score (nSPS) is 12.8. The molecule has 0 saturated heterocycles. The average Bonchev–Trinajstić information content (AvgIpc) is 3.03. The van der Waals surface area contributed by atoms with E-state index in [9.17, 15) is 18.0 Å². The number of benzene rings is 1. The fraction of sp³-hybridized carbons (Fsp3) is 0.353. The number of alkyl halides is 3. The van der Waals surface area contributed by atoms with E-state index in [1.165, 1.54) is 12.3 Å². The summed E-state index contributed by atoms with van der Waals surface area (Å²) in [7, 11) is 0. The molecule has 0 fully saturated rings. The zero-order chi connectivity index (χ0) is 19.3. The Balaban J connectivity index is 2.01. The van der Waals surface area contributed by atoms with Crippen LogP contribution in [0.1, 0.15) is 24.3 Å². The largest absolute Gasteiger partial charge is 0.467 e. The summed E-state index contributed by atoms with van der Waals surface area (Å²) in [4.78, 5) is 13.0. The topological polar surface area (TPSA) is 45.5 Å². The molecule has 0 bridgehead atoms. The van der Waals surface area contributed by atoms with Crippen LogP contribution in [0.3, 0.4) is 0 Å². The molecule has 1 unspecified atom stereocenters. The van der Waals surface area contributed by atoms with Crippen LogP contribution in [0, 0.1) is 0 Å². The number of nitrogens with zero attached hydrogens (tertiary/aromatic N) is 1. The molecule has 1 heterocycles. The Morgan fingerprint density at radius 2 is 2.04 bits per heavy atom. The van der Waals surface area contributed by atoms with Gasteiger partial charge >= 0.3 is 6.18 Å². The molecule has 0 aliphatic heterocycles. The van der Waals surface area contributed by atoms with Gasteiger partial charge in [-0.25, -0.2) is 0 Å². The van der Waals surface area contributed by atoms with E-state index in [0.29, 0.717) is 20.5 Å². The number of rotatable bonds is 7. The lowest BCUT2D eigenvalue weighted by Crippen LogP contribution is -2.43. The third-order valence-corrected chi connectivity index (χ3v) is 4.20. The summed E-state index contributed by atoms with van der Waals surface area (Å²) < 4.78 is 43.4. The van der Waals surface area contributed by atoms with E-state index in [-0.39, 0.29) is 24.9 Å². The minimum Gasteiger partial charge on any atom is -0.467 e. The maximum absolute atomic E-state index is 12.8. The number of hydrogen-bond donors (Lipinski definition) is 1. The number of furan rings is 1. The summed E-state index contributed by atoms with van der Waals surface area (Å²) in [6, 6.07) is 7.62. The van der Waals surface area contributed by atoms with Gasteiger partial charge in [-0.1, -0.05) is 29.3 Å². The average molecular weight is 409 g/mol. The highest BCUT2D eigenvalue weighted by atomic mass is 35.5. The third kappa shape index (κ3) is 6.23. The first-order valence-corrected chi connectivity index (χ1v) is 8.46. The number of nitrogens with one attached hydrogen (secondary N) is 1. The van der Waals surface area contributed by atoms with Crippen LogP contribution in [0.25, 0.3) is 0 Å². The minimum atomic E-state index is -4.51. The number of hydrogen-bond acceptors (Lipinski definition) is 3. The van der Waals surface area contributed by atoms with Crippen LogP contribution in [0.2, 0.25) is 10.0 Å². The summed E-state index contributed by atoms with van der Waals surface area (Å²) in [5.74, 6) is -0.424. The van der Waals surface area contributed by atoms with E-state index in [4.69, 9.17) is 27.6 Å². The summed E-state index contributed by atoms with van der Waals surface area (Å²) in [6.07, 6.45) is -3.16. The van der Waals surface area contributed by atoms with Gasteiger partial charge < -0.3 is 14.6 Å². The molecular weight excluding hydrogens is 392 g/mol. The Morgan fingerprint density at radius 1 is 1.31 bits per heavy atom. The van der Waals surface area contributed by atoms with Gasteiger partial charge in [-0.3, -0.25) is 4.79 Å². The second-order valence-electron chi connectivity index (χ2n) is 5.71. The number of carbonyl (C=O) groups is 1. The fourth-order valence-corrected chi connectivity index (χ4v) is 2.93. The smallest absolute Gasteiger partial charge is 0.406 e. The van der Waals surface area contributed by atoms with E-state index in [0.717, 1.165) is 0 Å². The number of carbonyl (C=O) groups excluding carboxylic acids is 1. The van der Waals surface area contributed by atoms with E-state index in [2.05, 4.69) is 5.32 Å². The van der Waals surface area contributed by atoms with E-state index >= 15 is 0 Å². The SMILES string of the molecule is CC(NCC(=O)N(Cc1ccco1)CC(F)(F)F)c1ccc(Cl)cc1Cl. The number of amides is 1. The number of halogens is 5. The van der Waals surface area contributed by atoms with Gasteiger partial charge in [0.1, 0.15) is 12.3 Å². The van der Waals surface area contributed by atoms with Crippen molar-refractivity contribution < 1.29 is 22.4 Å². The van der Waals surface area contributed by atoms with E-state index in [1.807, 2.05) is 0 Å². The summed E-state index contributed by atoms with van der Waals surface area (Å²) >= 11 is 11.9. The van der Waals surface area contributed by atoms with Crippen LogP contribution in [0.5, 0.6) is 0 Å². The van der Waals surface area contributed by atoms with Crippen molar-refractivity contribution in [1.82, 2.24) is 10.2 Å². The lowest BCUT2D eigenvalue weighted by Gasteiger charge is -2.24. The van der Waals surface area contributed by atoms with Crippen LogP contribution >= 0.6 is 23.2 Å². The van der Waals surface area contributed by atoms with Crippen molar-refractivity contribution in [2.24, 2.45) is 0 Å². The molecule has 142 valence electrons. The lowest BCUT2D eigenvalue weighted by atomic mass is 10.1. The second-order valence-corrected chi connectivity index (χ2v) is 6.56. The Hall–Kier alpha value is -1.70. The molecule has 2 aromatic rings. The Labute approximate surface area is 158 Å². The Morgan fingerprint density at radius 3 is 2.62 bits per heavy atom. The van der Waals surface area contributed by atoms with Gasteiger partial charge in [0.15, 0.2) is 0 Å². The van der Waals surface area contributed by atoms with Crippen molar-refractivity contribution in [3.63, 3.8) is 0 Å². The van der Waals surface area contributed by atoms with Crippen LogP contribution in [0.15, 0.2) is 41.0 Å². The van der Waals surface area contributed by atoms with E-state index in [1.54, 1.807) is 31.2 Å². The quantitative estimate of drug-likeness (QED) is 0.713. The van der Waals surface area contributed by atoms with Crippen LogP contribution in [-0.2, 0) is 11.3 Å². The van der Waals surface area contributed by atoms with Gasteiger partial charge in [-0.2, -0.15) is 13.2 Å². The first kappa shape index (κ1) is 20.6. The van der Waals surface area contributed by atoms with Crippen molar-refractivity contribution in [2.45, 2.75) is 25.7 Å². The van der Waals surface area contributed by atoms with Gasteiger partial charge in [-0.05, 0) is 36.8 Å². The zero-order valence-corrected chi connectivity index (χ0v) is 15.3. The first-order valence-electron chi connectivity index (χ1n) is 7.71. The predicted octanol–water partition coefficient (Wildman–Crippen LogP) is 4.83. The highest BCUT2D eigenvalue weighted by molar-refractivity contribution is 6.35. The highest BCUT2D eigenvalue weighted by Gasteiger charge is 2.33. The third-order valence-electron chi connectivity index (χ3n) is 3.64. The van der Waals surface area contributed by atoms with Gasteiger partial charge in [0.25, 0.3) is 0 Å². The van der Waals surface area contributed by atoms with Crippen molar-refractivity contribution >= 4 is 29.1 Å². The van der Waals surface area contributed by atoms with Crippen LogP contribution in [-0.4, -0.2) is 30.1 Å². The molecule has 1 aromatic carbocycles. The molecule has 26 heavy (non-hydrogen) atoms. The molecule has 1 aromatic heterocycles. The molecular formula is C17H17Cl2F3N2O2. The molecule has 0 aliphatic carbocycles. The second kappa shape index (κ2) is 8.79. The minimum absolute atomic E-state index is 0.261.